The number of carbonyl (C=O) groups is 1. The van der Waals surface area contributed by atoms with Crippen molar-refractivity contribution < 1.29 is 23.8 Å². The number of pyridine rings is 1. The Morgan fingerprint density at radius 1 is 1.24 bits per heavy atom. The standard InChI is InChI=1S/C26H28FNO5/c1-14-15-11-8-12-32-22(15)19(27)13-18(14)20-16-9-6-7-10-17(16)24(29)28(5)21(20)23(25(30)31)33-26(2,3)4/h6-7,9-10,13,23H,8,11-12H2,1-5H3,(H,30,31)/t23-/m1/s1. The van der Waals surface area contributed by atoms with Gasteiger partial charge in [0.2, 0.25) is 0 Å². The molecule has 0 radical (unpaired) electrons. The Hall–Kier alpha value is -3.19. The molecule has 0 fully saturated rings. The fourth-order valence-corrected chi connectivity index (χ4v) is 4.57. The summed E-state index contributed by atoms with van der Waals surface area (Å²) >= 11 is 0. The van der Waals surface area contributed by atoms with Crippen LogP contribution in [0, 0.1) is 12.7 Å². The van der Waals surface area contributed by atoms with Crippen LogP contribution in [0.3, 0.4) is 0 Å². The van der Waals surface area contributed by atoms with Crippen molar-refractivity contribution in [1.29, 1.82) is 0 Å². The quantitative estimate of drug-likeness (QED) is 0.607. The highest BCUT2D eigenvalue weighted by Crippen LogP contribution is 2.42. The summed E-state index contributed by atoms with van der Waals surface area (Å²) in [4.78, 5) is 25.6. The predicted molar refractivity (Wildman–Crippen MR) is 124 cm³/mol. The first kappa shape index (κ1) is 23.0. The smallest absolute Gasteiger partial charge is 0.339 e. The third-order valence-corrected chi connectivity index (χ3v) is 6.00. The molecule has 6 nitrogen and oxygen atoms in total. The zero-order chi connectivity index (χ0) is 24.1. The van der Waals surface area contributed by atoms with Crippen molar-refractivity contribution in [3.8, 4) is 16.9 Å². The van der Waals surface area contributed by atoms with E-state index in [1.807, 2.05) is 6.92 Å². The summed E-state index contributed by atoms with van der Waals surface area (Å²) in [5.74, 6) is -1.48. The molecule has 0 saturated carbocycles. The van der Waals surface area contributed by atoms with Gasteiger partial charge in [-0.25, -0.2) is 9.18 Å². The third kappa shape index (κ3) is 4.02. The average molecular weight is 454 g/mol. The van der Waals surface area contributed by atoms with Gasteiger partial charge in [0, 0.05) is 23.6 Å². The van der Waals surface area contributed by atoms with Crippen LogP contribution in [0.5, 0.6) is 5.75 Å². The SMILES string of the molecule is Cc1c(-c2c([C@@H](OC(C)(C)C)C(=O)O)n(C)c(=O)c3ccccc23)cc(F)c2c1CCCO2. The Kier molecular flexibility index (Phi) is 5.78. The van der Waals surface area contributed by atoms with Gasteiger partial charge in [-0.15, -0.1) is 0 Å². The molecule has 2 heterocycles. The number of fused-ring (bicyclic) bond motifs is 2. The van der Waals surface area contributed by atoms with Gasteiger partial charge in [0.1, 0.15) is 0 Å². The number of halogens is 1. The molecule has 0 spiro atoms. The summed E-state index contributed by atoms with van der Waals surface area (Å²) in [6.45, 7) is 7.60. The van der Waals surface area contributed by atoms with Crippen molar-refractivity contribution >= 4 is 16.7 Å². The number of carboxylic acids is 1. The molecule has 3 aromatic rings. The molecule has 0 unspecified atom stereocenters. The Bertz CT molecular complexity index is 1320. The second kappa shape index (κ2) is 8.30. The molecule has 1 aliphatic heterocycles. The lowest BCUT2D eigenvalue weighted by Gasteiger charge is -2.29. The Balaban J connectivity index is 2.16. The van der Waals surface area contributed by atoms with Gasteiger partial charge in [-0.05, 0) is 69.2 Å². The van der Waals surface area contributed by atoms with E-state index < -0.39 is 23.5 Å². The normalized spacial score (nSPS) is 14.6. The number of hydrogen-bond donors (Lipinski definition) is 1. The molecule has 7 heteroatoms. The fraction of sp³-hybridized carbons (Fsp3) is 0.385. The minimum absolute atomic E-state index is 0.181. The molecule has 1 aromatic heterocycles. The highest BCUT2D eigenvalue weighted by Gasteiger charge is 2.34. The van der Waals surface area contributed by atoms with Crippen LogP contribution in [0.2, 0.25) is 0 Å². The number of aliphatic carboxylic acids is 1. The van der Waals surface area contributed by atoms with Crippen molar-refractivity contribution in [2.45, 2.75) is 52.2 Å². The summed E-state index contributed by atoms with van der Waals surface area (Å²) in [5, 5.41) is 11.1. The van der Waals surface area contributed by atoms with E-state index in [4.69, 9.17) is 9.47 Å². The maximum atomic E-state index is 15.2. The minimum Gasteiger partial charge on any atom is -0.490 e. The van der Waals surface area contributed by atoms with Gasteiger partial charge in [0.15, 0.2) is 17.7 Å². The highest BCUT2D eigenvalue weighted by molar-refractivity contribution is 5.99. The van der Waals surface area contributed by atoms with Crippen molar-refractivity contribution in [1.82, 2.24) is 4.57 Å². The molecule has 0 bridgehead atoms. The van der Waals surface area contributed by atoms with Crippen LogP contribution in [0.1, 0.15) is 50.1 Å². The molecule has 33 heavy (non-hydrogen) atoms. The number of nitrogens with zero attached hydrogens (tertiary/aromatic N) is 1. The largest absolute Gasteiger partial charge is 0.490 e. The van der Waals surface area contributed by atoms with Crippen LogP contribution >= 0.6 is 0 Å². The lowest BCUT2D eigenvalue weighted by molar-refractivity contribution is -0.161. The zero-order valence-electron chi connectivity index (χ0n) is 19.5. The van der Waals surface area contributed by atoms with Gasteiger partial charge in [-0.2, -0.15) is 0 Å². The van der Waals surface area contributed by atoms with Gasteiger partial charge in [0.05, 0.1) is 17.9 Å². The average Bonchev–Trinajstić information content (AvgIpc) is 2.77. The number of benzene rings is 2. The summed E-state index contributed by atoms with van der Waals surface area (Å²) in [6.07, 6.45) is -0.00838. The van der Waals surface area contributed by atoms with Gasteiger partial charge < -0.3 is 19.1 Å². The summed E-state index contributed by atoms with van der Waals surface area (Å²) in [5.41, 5.74) is 1.62. The van der Waals surface area contributed by atoms with E-state index in [-0.39, 0.29) is 17.0 Å². The molecule has 0 aliphatic carbocycles. The molecule has 1 aliphatic rings. The molecule has 0 saturated heterocycles. The number of ether oxygens (including phenoxy) is 2. The number of carboxylic acid groups (broad SMARTS) is 1. The maximum Gasteiger partial charge on any atom is 0.339 e. The fourth-order valence-electron chi connectivity index (χ4n) is 4.57. The first-order valence-electron chi connectivity index (χ1n) is 11.0. The van der Waals surface area contributed by atoms with Crippen molar-refractivity contribution in [3.05, 3.63) is 63.3 Å². The maximum absolute atomic E-state index is 15.2. The second-order valence-electron chi connectivity index (χ2n) is 9.41. The first-order valence-corrected chi connectivity index (χ1v) is 11.0. The molecule has 1 N–H and O–H groups in total. The Labute approximate surface area is 191 Å². The first-order chi connectivity index (χ1) is 15.5. The van der Waals surface area contributed by atoms with Gasteiger partial charge in [0.25, 0.3) is 5.56 Å². The molecule has 1 atom stereocenters. The summed E-state index contributed by atoms with van der Waals surface area (Å²) in [7, 11) is 1.53. The molecule has 174 valence electrons. The Morgan fingerprint density at radius 3 is 2.55 bits per heavy atom. The van der Waals surface area contributed by atoms with Crippen LogP contribution in [-0.4, -0.2) is 27.9 Å². The lowest BCUT2D eigenvalue weighted by Crippen LogP contribution is -2.33. The van der Waals surface area contributed by atoms with Crippen LogP contribution in [0.4, 0.5) is 4.39 Å². The van der Waals surface area contributed by atoms with E-state index in [0.717, 1.165) is 17.5 Å². The van der Waals surface area contributed by atoms with Crippen LogP contribution in [-0.2, 0) is 23.0 Å². The van der Waals surface area contributed by atoms with E-state index >= 15 is 4.39 Å². The summed E-state index contributed by atoms with van der Waals surface area (Å²) < 4.78 is 28.0. The van der Waals surface area contributed by atoms with Crippen molar-refractivity contribution in [3.63, 3.8) is 0 Å². The number of hydrogen-bond acceptors (Lipinski definition) is 4. The van der Waals surface area contributed by atoms with E-state index in [9.17, 15) is 14.7 Å². The van der Waals surface area contributed by atoms with Gasteiger partial charge >= 0.3 is 5.97 Å². The number of rotatable bonds is 4. The third-order valence-electron chi connectivity index (χ3n) is 6.00. The van der Waals surface area contributed by atoms with Gasteiger partial charge in [-0.3, -0.25) is 4.79 Å². The monoisotopic (exact) mass is 453 g/mol. The van der Waals surface area contributed by atoms with E-state index in [0.29, 0.717) is 34.9 Å². The van der Waals surface area contributed by atoms with Crippen LogP contribution < -0.4 is 10.3 Å². The highest BCUT2D eigenvalue weighted by atomic mass is 19.1. The van der Waals surface area contributed by atoms with E-state index in [1.165, 1.54) is 17.7 Å². The Morgan fingerprint density at radius 2 is 1.91 bits per heavy atom. The van der Waals surface area contributed by atoms with Crippen molar-refractivity contribution in [2.75, 3.05) is 6.61 Å². The van der Waals surface area contributed by atoms with E-state index in [1.54, 1.807) is 45.0 Å². The predicted octanol–water partition coefficient (Wildman–Crippen LogP) is 4.92. The van der Waals surface area contributed by atoms with Crippen LogP contribution in [0.15, 0.2) is 35.1 Å². The minimum atomic E-state index is -1.43. The molecule has 0 amide bonds. The lowest BCUT2D eigenvalue weighted by atomic mass is 9.87. The second-order valence-corrected chi connectivity index (χ2v) is 9.41. The molecule has 4 rings (SSSR count). The van der Waals surface area contributed by atoms with E-state index in [2.05, 4.69) is 0 Å². The number of aromatic nitrogens is 1. The van der Waals surface area contributed by atoms with Crippen molar-refractivity contribution in [2.24, 2.45) is 7.05 Å². The molecular weight excluding hydrogens is 425 g/mol. The molecule has 2 aromatic carbocycles. The zero-order valence-corrected chi connectivity index (χ0v) is 19.5. The summed E-state index contributed by atoms with van der Waals surface area (Å²) in [6, 6.07) is 8.37. The van der Waals surface area contributed by atoms with Gasteiger partial charge in [-0.1, -0.05) is 18.2 Å². The van der Waals surface area contributed by atoms with Crippen LogP contribution in [0.25, 0.3) is 21.9 Å². The molecular formula is C26H28FNO5. The topological polar surface area (TPSA) is 77.8 Å².